The third kappa shape index (κ3) is 2.20. The van der Waals surface area contributed by atoms with E-state index in [4.69, 9.17) is 10.5 Å². The Morgan fingerprint density at radius 3 is 2.93 bits per heavy atom. The van der Waals surface area contributed by atoms with Crippen LogP contribution >= 0.6 is 0 Å². The Morgan fingerprint density at radius 2 is 2.27 bits per heavy atom. The van der Waals surface area contributed by atoms with Crippen LogP contribution in [0.2, 0.25) is 0 Å². The normalized spacial score (nSPS) is 22.9. The lowest BCUT2D eigenvalue weighted by Crippen LogP contribution is -2.15. The second-order valence-electron chi connectivity index (χ2n) is 3.94. The first kappa shape index (κ1) is 10.6. The summed E-state index contributed by atoms with van der Waals surface area (Å²) in [5.41, 5.74) is 7.63. The highest BCUT2D eigenvalue weighted by Gasteiger charge is 2.22. The number of rotatable bonds is 3. The molecule has 2 atom stereocenters. The summed E-state index contributed by atoms with van der Waals surface area (Å²) in [7, 11) is 0. The van der Waals surface area contributed by atoms with Crippen LogP contribution in [0.15, 0.2) is 24.3 Å². The first-order chi connectivity index (χ1) is 7.33. The molecule has 1 fully saturated rings. The number of hydrogen-bond acceptors (Lipinski definition) is 3. The van der Waals surface area contributed by atoms with E-state index in [0.29, 0.717) is 5.92 Å². The first-order valence-electron chi connectivity index (χ1n) is 5.37. The summed E-state index contributed by atoms with van der Waals surface area (Å²) in [6, 6.07) is 7.95. The molecule has 1 heterocycles. The fraction of sp³-hybridized carbons (Fsp3) is 0.500. The van der Waals surface area contributed by atoms with Gasteiger partial charge in [0.25, 0.3) is 0 Å². The van der Waals surface area contributed by atoms with Crippen LogP contribution in [0.4, 0.5) is 0 Å². The molecule has 3 heteroatoms. The molecular weight excluding hydrogens is 190 g/mol. The zero-order valence-corrected chi connectivity index (χ0v) is 8.73. The van der Waals surface area contributed by atoms with Crippen molar-refractivity contribution in [3.63, 3.8) is 0 Å². The van der Waals surface area contributed by atoms with E-state index in [1.165, 1.54) is 5.56 Å². The number of benzene rings is 1. The summed E-state index contributed by atoms with van der Waals surface area (Å²) in [4.78, 5) is 0. The quantitative estimate of drug-likeness (QED) is 0.782. The van der Waals surface area contributed by atoms with Crippen LogP contribution in [0.5, 0.6) is 0 Å². The molecule has 0 radical (unpaired) electrons. The van der Waals surface area contributed by atoms with E-state index in [1.807, 2.05) is 18.2 Å². The molecular formula is C12H17NO2. The lowest BCUT2D eigenvalue weighted by atomic mass is 9.91. The van der Waals surface area contributed by atoms with E-state index in [9.17, 15) is 5.11 Å². The number of nitrogens with two attached hydrogens (primary N) is 1. The van der Waals surface area contributed by atoms with Crippen molar-refractivity contribution in [2.45, 2.75) is 18.4 Å². The summed E-state index contributed by atoms with van der Waals surface area (Å²) in [5.74, 6) is 0.419. The van der Waals surface area contributed by atoms with E-state index < -0.39 is 6.10 Å². The van der Waals surface area contributed by atoms with Crippen LogP contribution in [0.25, 0.3) is 0 Å². The van der Waals surface area contributed by atoms with Gasteiger partial charge in [0.05, 0.1) is 12.7 Å². The Balaban J connectivity index is 2.28. The maximum Gasteiger partial charge on any atom is 0.0915 e. The van der Waals surface area contributed by atoms with Crippen molar-refractivity contribution in [3.8, 4) is 0 Å². The van der Waals surface area contributed by atoms with E-state index in [0.717, 1.165) is 25.2 Å². The minimum Gasteiger partial charge on any atom is -0.387 e. The smallest absolute Gasteiger partial charge is 0.0915 e. The zero-order chi connectivity index (χ0) is 10.7. The third-order valence-corrected chi connectivity index (χ3v) is 2.95. The van der Waals surface area contributed by atoms with Crippen LogP contribution < -0.4 is 5.73 Å². The molecule has 1 aliphatic heterocycles. The number of aliphatic hydroxyl groups is 1. The molecule has 0 aromatic heterocycles. The van der Waals surface area contributed by atoms with Crippen LogP contribution in [0, 0.1) is 0 Å². The summed E-state index contributed by atoms with van der Waals surface area (Å²) >= 11 is 0. The molecule has 1 saturated heterocycles. The molecule has 3 nitrogen and oxygen atoms in total. The minimum absolute atomic E-state index is 0.268. The second-order valence-corrected chi connectivity index (χ2v) is 3.94. The van der Waals surface area contributed by atoms with E-state index >= 15 is 0 Å². The molecule has 2 unspecified atom stereocenters. The Labute approximate surface area is 89.9 Å². The molecule has 1 aliphatic rings. The van der Waals surface area contributed by atoms with Gasteiger partial charge in [-0.25, -0.2) is 0 Å². The molecule has 1 aromatic rings. The average molecular weight is 207 g/mol. The molecule has 82 valence electrons. The second kappa shape index (κ2) is 4.75. The van der Waals surface area contributed by atoms with Gasteiger partial charge in [0.15, 0.2) is 0 Å². The molecule has 2 rings (SSSR count). The fourth-order valence-corrected chi connectivity index (χ4v) is 2.09. The monoisotopic (exact) mass is 207 g/mol. The topological polar surface area (TPSA) is 55.5 Å². The van der Waals surface area contributed by atoms with Gasteiger partial charge in [-0.05, 0) is 17.5 Å². The van der Waals surface area contributed by atoms with Gasteiger partial charge in [-0.2, -0.15) is 0 Å². The third-order valence-electron chi connectivity index (χ3n) is 2.95. The van der Waals surface area contributed by atoms with Gasteiger partial charge in [-0.15, -0.1) is 0 Å². The van der Waals surface area contributed by atoms with Crippen molar-refractivity contribution in [1.82, 2.24) is 0 Å². The van der Waals surface area contributed by atoms with Crippen LogP contribution in [-0.4, -0.2) is 24.9 Å². The highest BCUT2D eigenvalue weighted by atomic mass is 16.5. The van der Waals surface area contributed by atoms with Gasteiger partial charge >= 0.3 is 0 Å². The van der Waals surface area contributed by atoms with Gasteiger partial charge in [-0.1, -0.05) is 24.3 Å². The summed E-state index contributed by atoms with van der Waals surface area (Å²) in [6.07, 6.45) is 0.482. The summed E-state index contributed by atoms with van der Waals surface area (Å²) in [6.45, 7) is 1.84. The van der Waals surface area contributed by atoms with E-state index in [-0.39, 0.29) is 6.54 Å². The molecule has 3 N–H and O–H groups in total. The molecule has 1 aromatic carbocycles. The maximum absolute atomic E-state index is 9.80. The van der Waals surface area contributed by atoms with Crippen LogP contribution in [-0.2, 0) is 4.74 Å². The average Bonchev–Trinajstić information content (AvgIpc) is 2.81. The number of hydrogen-bond donors (Lipinski definition) is 2. The van der Waals surface area contributed by atoms with Crippen molar-refractivity contribution < 1.29 is 9.84 Å². The van der Waals surface area contributed by atoms with Crippen LogP contribution in [0.3, 0.4) is 0 Å². The molecule has 0 saturated carbocycles. The van der Waals surface area contributed by atoms with E-state index in [1.54, 1.807) is 0 Å². The SMILES string of the molecule is NCC(O)c1ccccc1C1CCOC1. The van der Waals surface area contributed by atoms with Crippen molar-refractivity contribution in [3.05, 3.63) is 35.4 Å². The molecule has 0 amide bonds. The van der Waals surface area contributed by atoms with Crippen molar-refractivity contribution in [2.75, 3.05) is 19.8 Å². The predicted octanol–water partition coefficient (Wildman–Crippen LogP) is 1.18. The highest BCUT2D eigenvalue weighted by molar-refractivity contribution is 5.33. The molecule has 0 bridgehead atoms. The van der Waals surface area contributed by atoms with Gasteiger partial charge in [0.2, 0.25) is 0 Å². The Bertz CT molecular complexity index is 321. The Kier molecular flexibility index (Phi) is 3.36. The molecule has 15 heavy (non-hydrogen) atoms. The van der Waals surface area contributed by atoms with Gasteiger partial charge in [0.1, 0.15) is 0 Å². The van der Waals surface area contributed by atoms with Gasteiger partial charge in [-0.3, -0.25) is 0 Å². The summed E-state index contributed by atoms with van der Waals surface area (Å²) in [5, 5.41) is 9.80. The van der Waals surface area contributed by atoms with E-state index in [2.05, 4.69) is 6.07 Å². The standard InChI is InChI=1S/C12H17NO2/c13-7-12(14)11-4-2-1-3-10(11)9-5-6-15-8-9/h1-4,9,12,14H,5-8,13H2. The fourth-order valence-electron chi connectivity index (χ4n) is 2.09. The van der Waals surface area contributed by atoms with Gasteiger partial charge < -0.3 is 15.6 Å². The lowest BCUT2D eigenvalue weighted by molar-refractivity contribution is 0.182. The minimum atomic E-state index is -0.554. The zero-order valence-electron chi connectivity index (χ0n) is 8.73. The Morgan fingerprint density at radius 1 is 1.47 bits per heavy atom. The Hall–Kier alpha value is -0.900. The largest absolute Gasteiger partial charge is 0.387 e. The highest BCUT2D eigenvalue weighted by Crippen LogP contribution is 2.30. The summed E-state index contributed by atoms with van der Waals surface area (Å²) < 4.78 is 5.37. The number of ether oxygens (including phenoxy) is 1. The molecule has 0 spiro atoms. The van der Waals surface area contributed by atoms with Crippen molar-refractivity contribution >= 4 is 0 Å². The van der Waals surface area contributed by atoms with Crippen molar-refractivity contribution in [2.24, 2.45) is 5.73 Å². The van der Waals surface area contributed by atoms with Crippen LogP contribution in [0.1, 0.15) is 29.6 Å². The first-order valence-corrected chi connectivity index (χ1v) is 5.37. The number of aliphatic hydroxyl groups excluding tert-OH is 1. The lowest BCUT2D eigenvalue weighted by Gasteiger charge is -2.17. The maximum atomic E-state index is 9.80. The van der Waals surface area contributed by atoms with Gasteiger partial charge in [0, 0.05) is 19.1 Å². The van der Waals surface area contributed by atoms with Crippen molar-refractivity contribution in [1.29, 1.82) is 0 Å². The molecule has 0 aliphatic carbocycles. The predicted molar refractivity (Wildman–Crippen MR) is 58.6 cm³/mol.